The Hall–Kier alpha value is -2.04. The van der Waals surface area contributed by atoms with E-state index in [0.717, 1.165) is 5.56 Å². The molecule has 0 spiro atoms. The van der Waals surface area contributed by atoms with Gasteiger partial charge in [-0.1, -0.05) is 12.1 Å². The van der Waals surface area contributed by atoms with Gasteiger partial charge in [0.05, 0.1) is 0 Å². The van der Waals surface area contributed by atoms with Crippen LogP contribution in [0.3, 0.4) is 0 Å². The number of ether oxygens (including phenoxy) is 1. The van der Waals surface area contributed by atoms with Gasteiger partial charge in [0.15, 0.2) is 0 Å². The monoisotopic (exact) mass is 277 g/mol. The van der Waals surface area contributed by atoms with E-state index >= 15 is 0 Å². The summed E-state index contributed by atoms with van der Waals surface area (Å²) >= 11 is 0. The van der Waals surface area contributed by atoms with Crippen LogP contribution in [0.1, 0.15) is 36.7 Å². The summed E-state index contributed by atoms with van der Waals surface area (Å²) in [5.74, 6) is -0.230. The number of benzene rings is 1. The third kappa shape index (κ3) is 5.73. The predicted octanol–water partition coefficient (Wildman–Crippen LogP) is 2.28. The zero-order valence-electron chi connectivity index (χ0n) is 12.2. The molecule has 0 aliphatic rings. The summed E-state index contributed by atoms with van der Waals surface area (Å²) in [7, 11) is 3.34. The molecule has 0 fully saturated rings. The molecule has 1 aromatic rings. The molecule has 0 aromatic heterocycles. The van der Waals surface area contributed by atoms with Gasteiger partial charge in [0, 0.05) is 19.2 Å². The number of carbonyl (C=O) groups excluding carboxylic acids is 2. The standard InChI is InChI=1S/C15H21N2O3/c1-15(2,3)20-14(19)17-9-8-11-6-5-7-12(10-11)13(18)16-4/h5-7,10H,4,8-9H2,1-3H3,(H,16,18)(H,17,19). The van der Waals surface area contributed by atoms with Crippen LogP contribution in [0.5, 0.6) is 0 Å². The van der Waals surface area contributed by atoms with Gasteiger partial charge in [-0.3, -0.25) is 4.79 Å². The van der Waals surface area contributed by atoms with Gasteiger partial charge < -0.3 is 15.4 Å². The summed E-state index contributed by atoms with van der Waals surface area (Å²) in [4.78, 5) is 22.9. The van der Waals surface area contributed by atoms with Crippen molar-refractivity contribution in [1.29, 1.82) is 0 Å². The Morgan fingerprint density at radius 3 is 2.60 bits per heavy atom. The van der Waals surface area contributed by atoms with Gasteiger partial charge >= 0.3 is 6.09 Å². The molecule has 0 atom stereocenters. The fourth-order valence-electron chi connectivity index (χ4n) is 1.59. The Morgan fingerprint density at radius 1 is 1.30 bits per heavy atom. The molecule has 5 heteroatoms. The molecule has 0 saturated heterocycles. The average Bonchev–Trinajstić information content (AvgIpc) is 2.36. The minimum Gasteiger partial charge on any atom is -0.444 e. The molecule has 0 heterocycles. The van der Waals surface area contributed by atoms with Crippen LogP contribution in [0.4, 0.5) is 4.79 Å². The fourth-order valence-corrected chi connectivity index (χ4v) is 1.59. The zero-order chi connectivity index (χ0) is 15.2. The highest BCUT2D eigenvalue weighted by molar-refractivity contribution is 5.94. The van der Waals surface area contributed by atoms with E-state index in [1.165, 1.54) is 0 Å². The van der Waals surface area contributed by atoms with Gasteiger partial charge in [-0.25, -0.2) is 4.79 Å². The highest BCUT2D eigenvalue weighted by Gasteiger charge is 2.15. The first-order chi connectivity index (χ1) is 9.31. The molecule has 1 rings (SSSR count). The van der Waals surface area contributed by atoms with Crippen molar-refractivity contribution in [3.63, 3.8) is 0 Å². The topological polar surface area (TPSA) is 67.4 Å². The quantitative estimate of drug-likeness (QED) is 0.887. The molecular weight excluding hydrogens is 256 g/mol. The zero-order valence-corrected chi connectivity index (χ0v) is 12.2. The highest BCUT2D eigenvalue weighted by atomic mass is 16.6. The second-order valence-electron chi connectivity index (χ2n) is 5.38. The molecule has 0 bridgehead atoms. The Labute approximate surface area is 119 Å². The van der Waals surface area contributed by atoms with E-state index in [4.69, 9.17) is 4.74 Å². The van der Waals surface area contributed by atoms with Gasteiger partial charge in [-0.15, -0.1) is 0 Å². The summed E-state index contributed by atoms with van der Waals surface area (Å²) in [5, 5.41) is 5.01. The van der Waals surface area contributed by atoms with Gasteiger partial charge in [0.25, 0.3) is 5.91 Å². The first kappa shape index (κ1) is 16.0. The van der Waals surface area contributed by atoms with Crippen LogP contribution in [0, 0.1) is 7.05 Å². The smallest absolute Gasteiger partial charge is 0.407 e. The molecular formula is C15H21N2O3. The molecule has 5 nitrogen and oxygen atoms in total. The number of alkyl carbamates (subject to hydrolysis) is 1. The molecule has 2 amide bonds. The summed E-state index contributed by atoms with van der Waals surface area (Å²) in [5.41, 5.74) is 1.01. The predicted molar refractivity (Wildman–Crippen MR) is 77.2 cm³/mol. The molecule has 20 heavy (non-hydrogen) atoms. The fraction of sp³-hybridized carbons (Fsp3) is 0.400. The first-order valence-electron chi connectivity index (χ1n) is 6.45. The Bertz CT molecular complexity index is 478. The maximum Gasteiger partial charge on any atom is 0.407 e. The van der Waals surface area contributed by atoms with E-state index in [9.17, 15) is 9.59 Å². The van der Waals surface area contributed by atoms with Crippen LogP contribution in [-0.4, -0.2) is 24.1 Å². The lowest BCUT2D eigenvalue weighted by Gasteiger charge is -2.19. The minimum atomic E-state index is -0.504. The van der Waals surface area contributed by atoms with E-state index < -0.39 is 11.7 Å². The third-order valence-electron chi connectivity index (χ3n) is 2.43. The van der Waals surface area contributed by atoms with Crippen molar-refractivity contribution in [2.45, 2.75) is 32.8 Å². The van der Waals surface area contributed by atoms with E-state index in [1.807, 2.05) is 26.8 Å². The highest BCUT2D eigenvalue weighted by Crippen LogP contribution is 2.07. The van der Waals surface area contributed by atoms with Gasteiger partial charge in [-0.05, 0) is 44.9 Å². The molecule has 0 aliphatic carbocycles. The van der Waals surface area contributed by atoms with Gasteiger partial charge in [0.2, 0.25) is 0 Å². The molecule has 1 aromatic carbocycles. The number of rotatable bonds is 4. The number of hydrogen-bond acceptors (Lipinski definition) is 3. The third-order valence-corrected chi connectivity index (χ3v) is 2.43. The molecule has 0 saturated carbocycles. The summed E-state index contributed by atoms with van der Waals surface area (Å²) < 4.78 is 5.13. The second kappa shape index (κ2) is 6.93. The van der Waals surface area contributed by atoms with Gasteiger partial charge in [0.1, 0.15) is 5.60 Å². The van der Waals surface area contributed by atoms with Crippen molar-refractivity contribution >= 4 is 12.0 Å². The van der Waals surface area contributed by atoms with E-state index in [0.29, 0.717) is 18.5 Å². The Kier molecular flexibility index (Phi) is 5.55. The average molecular weight is 277 g/mol. The normalized spacial score (nSPS) is 10.8. The maximum absolute atomic E-state index is 11.5. The molecule has 0 aliphatic heterocycles. The van der Waals surface area contributed by atoms with Crippen LogP contribution in [0.15, 0.2) is 24.3 Å². The van der Waals surface area contributed by atoms with Crippen molar-refractivity contribution in [1.82, 2.24) is 10.6 Å². The molecule has 0 unspecified atom stereocenters. The van der Waals surface area contributed by atoms with Crippen molar-refractivity contribution in [2.24, 2.45) is 0 Å². The molecule has 109 valence electrons. The lowest BCUT2D eigenvalue weighted by atomic mass is 10.1. The molecule has 2 N–H and O–H groups in total. The van der Waals surface area contributed by atoms with Crippen LogP contribution >= 0.6 is 0 Å². The minimum absolute atomic E-state index is 0.230. The van der Waals surface area contributed by atoms with Gasteiger partial charge in [-0.2, -0.15) is 0 Å². The Balaban J connectivity index is 2.46. The summed E-state index contributed by atoms with van der Waals surface area (Å²) in [6, 6.07) is 7.19. The number of nitrogens with one attached hydrogen (secondary N) is 2. The van der Waals surface area contributed by atoms with Crippen molar-refractivity contribution in [3.05, 3.63) is 42.4 Å². The number of amides is 2. The van der Waals surface area contributed by atoms with E-state index in [1.54, 1.807) is 18.2 Å². The van der Waals surface area contributed by atoms with E-state index in [2.05, 4.69) is 17.7 Å². The summed E-state index contributed by atoms with van der Waals surface area (Å²) in [6.07, 6.45) is 0.182. The van der Waals surface area contributed by atoms with Crippen LogP contribution < -0.4 is 10.6 Å². The van der Waals surface area contributed by atoms with Crippen LogP contribution in [-0.2, 0) is 11.2 Å². The number of carbonyl (C=O) groups is 2. The second-order valence-corrected chi connectivity index (χ2v) is 5.38. The molecule has 1 radical (unpaired) electrons. The largest absolute Gasteiger partial charge is 0.444 e. The van der Waals surface area contributed by atoms with Crippen molar-refractivity contribution in [3.8, 4) is 0 Å². The van der Waals surface area contributed by atoms with Crippen molar-refractivity contribution in [2.75, 3.05) is 6.54 Å². The maximum atomic E-state index is 11.5. The van der Waals surface area contributed by atoms with Crippen molar-refractivity contribution < 1.29 is 14.3 Å². The van der Waals surface area contributed by atoms with Crippen LogP contribution in [0.25, 0.3) is 0 Å². The lowest BCUT2D eigenvalue weighted by Crippen LogP contribution is -2.33. The first-order valence-corrected chi connectivity index (χ1v) is 6.45. The Morgan fingerprint density at radius 2 is 2.00 bits per heavy atom. The SMILES string of the molecule is [CH2]NC(=O)c1cccc(CCNC(=O)OC(C)(C)C)c1. The van der Waals surface area contributed by atoms with Crippen LogP contribution in [0.2, 0.25) is 0 Å². The summed E-state index contributed by atoms with van der Waals surface area (Å²) in [6.45, 7) is 5.89. The lowest BCUT2D eigenvalue weighted by molar-refractivity contribution is 0.0528. The van der Waals surface area contributed by atoms with E-state index in [-0.39, 0.29) is 5.91 Å². The number of hydrogen-bond donors (Lipinski definition) is 2.